The zero-order chi connectivity index (χ0) is 14.2. The van der Waals surface area contributed by atoms with E-state index in [-0.39, 0.29) is 16.8 Å². The molecular formula is C12H11ClFN3O2. The van der Waals surface area contributed by atoms with Gasteiger partial charge in [-0.3, -0.25) is 10.1 Å². The summed E-state index contributed by atoms with van der Waals surface area (Å²) >= 11 is 6.01. The zero-order valence-electron chi connectivity index (χ0n) is 10.3. The molecule has 0 saturated heterocycles. The van der Waals surface area contributed by atoms with Crippen LogP contribution in [-0.4, -0.2) is 14.7 Å². The van der Waals surface area contributed by atoms with E-state index in [1.807, 2.05) is 0 Å². The Balaban J connectivity index is 2.62. The minimum absolute atomic E-state index is 0.0830. The number of hydrogen-bond acceptors (Lipinski definition) is 3. The summed E-state index contributed by atoms with van der Waals surface area (Å²) < 4.78 is 14.1. The lowest BCUT2D eigenvalue weighted by Crippen LogP contribution is -1.98. The molecule has 0 spiro atoms. The molecule has 2 rings (SSSR count). The molecule has 0 aliphatic heterocycles. The molecule has 0 N–H and O–H groups in total. The first-order valence-corrected chi connectivity index (χ1v) is 5.98. The molecule has 1 aromatic carbocycles. The summed E-state index contributed by atoms with van der Waals surface area (Å²) in [5.41, 5.74) is 0.571. The summed E-state index contributed by atoms with van der Waals surface area (Å²) in [4.78, 5) is 10.5. The fourth-order valence-corrected chi connectivity index (χ4v) is 2.02. The topological polar surface area (TPSA) is 61.0 Å². The molecule has 0 unspecified atom stereocenters. The number of nitrogens with zero attached hydrogens (tertiary/aromatic N) is 3. The first-order valence-electron chi connectivity index (χ1n) is 5.60. The van der Waals surface area contributed by atoms with Gasteiger partial charge in [0.15, 0.2) is 0 Å². The average Bonchev–Trinajstić information content (AvgIpc) is 2.68. The van der Waals surface area contributed by atoms with E-state index in [9.17, 15) is 14.5 Å². The predicted molar refractivity (Wildman–Crippen MR) is 69.3 cm³/mol. The number of nitro groups is 1. The average molecular weight is 284 g/mol. The van der Waals surface area contributed by atoms with Crippen molar-refractivity contribution < 1.29 is 9.31 Å². The van der Waals surface area contributed by atoms with E-state index in [2.05, 4.69) is 5.10 Å². The van der Waals surface area contributed by atoms with E-state index < -0.39 is 10.7 Å². The van der Waals surface area contributed by atoms with E-state index in [1.165, 1.54) is 28.9 Å². The summed E-state index contributed by atoms with van der Waals surface area (Å²) in [7, 11) is 0. The maximum absolute atomic E-state index is 12.9. The highest BCUT2D eigenvalue weighted by molar-refractivity contribution is 6.32. The van der Waals surface area contributed by atoms with Gasteiger partial charge in [0, 0.05) is 5.92 Å². The number of halogens is 2. The van der Waals surface area contributed by atoms with Gasteiger partial charge in [-0.15, -0.1) is 0 Å². The Hall–Kier alpha value is -1.95. The van der Waals surface area contributed by atoms with Crippen molar-refractivity contribution >= 4 is 17.3 Å². The monoisotopic (exact) mass is 283 g/mol. The third-order valence-electron chi connectivity index (χ3n) is 2.63. The van der Waals surface area contributed by atoms with Crippen molar-refractivity contribution in [3.63, 3.8) is 0 Å². The molecule has 7 heteroatoms. The predicted octanol–water partition coefficient (Wildman–Crippen LogP) is 3.70. The third kappa shape index (κ3) is 2.44. The van der Waals surface area contributed by atoms with Crippen molar-refractivity contribution in [3.8, 4) is 5.69 Å². The Morgan fingerprint density at radius 2 is 1.95 bits per heavy atom. The van der Waals surface area contributed by atoms with Crippen molar-refractivity contribution in [3.05, 3.63) is 51.0 Å². The lowest BCUT2D eigenvalue weighted by Gasteiger charge is -2.01. The van der Waals surface area contributed by atoms with Gasteiger partial charge in [-0.1, -0.05) is 25.4 Å². The van der Waals surface area contributed by atoms with Gasteiger partial charge in [0.1, 0.15) is 11.5 Å². The van der Waals surface area contributed by atoms with Crippen LogP contribution >= 0.6 is 11.6 Å². The summed E-state index contributed by atoms with van der Waals surface area (Å²) in [6.45, 7) is 3.58. The first-order chi connectivity index (χ1) is 8.91. The number of benzene rings is 1. The highest BCUT2D eigenvalue weighted by Gasteiger charge is 2.28. The molecule has 1 heterocycles. The molecule has 2 aromatic rings. The highest BCUT2D eigenvalue weighted by atomic mass is 35.5. The summed E-state index contributed by atoms with van der Waals surface area (Å²) in [6.07, 6.45) is 0. The molecule has 0 aliphatic carbocycles. The minimum atomic E-state index is -0.551. The van der Waals surface area contributed by atoms with E-state index >= 15 is 0 Å². The second kappa shape index (κ2) is 4.97. The lowest BCUT2D eigenvalue weighted by molar-refractivity contribution is -0.385. The van der Waals surface area contributed by atoms with Gasteiger partial charge in [0.2, 0.25) is 5.15 Å². The van der Waals surface area contributed by atoms with E-state index in [0.29, 0.717) is 11.4 Å². The van der Waals surface area contributed by atoms with Crippen molar-refractivity contribution in [2.45, 2.75) is 19.8 Å². The fraction of sp³-hybridized carbons (Fsp3) is 0.250. The van der Waals surface area contributed by atoms with Crippen LogP contribution in [-0.2, 0) is 0 Å². The van der Waals surface area contributed by atoms with E-state index in [4.69, 9.17) is 11.6 Å². The van der Waals surface area contributed by atoms with Gasteiger partial charge >= 0.3 is 5.69 Å². The van der Waals surface area contributed by atoms with Crippen LogP contribution in [0.15, 0.2) is 24.3 Å². The largest absolute Gasteiger partial charge is 0.329 e. The summed E-state index contributed by atoms with van der Waals surface area (Å²) in [5, 5.41) is 15.1. The van der Waals surface area contributed by atoms with Crippen molar-refractivity contribution in [1.29, 1.82) is 0 Å². The Kier molecular flexibility index (Phi) is 3.53. The van der Waals surface area contributed by atoms with Gasteiger partial charge in [0.05, 0.1) is 10.6 Å². The molecule has 0 bridgehead atoms. The molecular weight excluding hydrogens is 273 g/mol. The minimum Gasteiger partial charge on any atom is -0.258 e. The van der Waals surface area contributed by atoms with Crippen LogP contribution in [0.4, 0.5) is 10.1 Å². The SMILES string of the molecule is CC(C)c1nn(-c2ccc(F)cc2)c(Cl)c1[N+](=O)[O-]. The lowest BCUT2D eigenvalue weighted by atomic mass is 10.1. The zero-order valence-corrected chi connectivity index (χ0v) is 11.1. The third-order valence-corrected chi connectivity index (χ3v) is 2.97. The number of aromatic nitrogens is 2. The Morgan fingerprint density at radius 1 is 1.37 bits per heavy atom. The molecule has 0 saturated carbocycles. The van der Waals surface area contributed by atoms with Crippen LogP contribution in [0, 0.1) is 15.9 Å². The van der Waals surface area contributed by atoms with Gasteiger partial charge in [0.25, 0.3) is 0 Å². The first kappa shape index (κ1) is 13.5. The molecule has 19 heavy (non-hydrogen) atoms. The molecule has 5 nitrogen and oxygen atoms in total. The standard InChI is InChI=1S/C12H11ClFN3O2/c1-7(2)10-11(17(18)19)12(13)16(15-10)9-5-3-8(14)4-6-9/h3-7H,1-2H3. The second-order valence-corrected chi connectivity index (χ2v) is 4.68. The molecule has 0 radical (unpaired) electrons. The van der Waals surface area contributed by atoms with Crippen LogP contribution in [0.5, 0.6) is 0 Å². The number of hydrogen-bond donors (Lipinski definition) is 0. The van der Waals surface area contributed by atoms with Gasteiger partial charge in [-0.25, -0.2) is 9.07 Å². The molecule has 1 aromatic heterocycles. The van der Waals surface area contributed by atoms with Crippen molar-refractivity contribution in [1.82, 2.24) is 9.78 Å². The molecule has 0 aliphatic rings. The molecule has 0 atom stereocenters. The normalized spacial score (nSPS) is 11.0. The highest BCUT2D eigenvalue weighted by Crippen LogP contribution is 2.34. The summed E-state index contributed by atoms with van der Waals surface area (Å²) in [6, 6.07) is 5.41. The Morgan fingerprint density at radius 3 is 2.37 bits per heavy atom. The van der Waals surface area contributed by atoms with Gasteiger partial charge < -0.3 is 0 Å². The van der Waals surface area contributed by atoms with Crippen LogP contribution < -0.4 is 0 Å². The van der Waals surface area contributed by atoms with Crippen LogP contribution in [0.1, 0.15) is 25.5 Å². The van der Waals surface area contributed by atoms with Crippen LogP contribution in [0.2, 0.25) is 5.15 Å². The maximum Gasteiger partial charge on any atom is 0.329 e. The van der Waals surface area contributed by atoms with Crippen molar-refractivity contribution in [2.24, 2.45) is 0 Å². The molecule has 0 fully saturated rings. The van der Waals surface area contributed by atoms with Crippen LogP contribution in [0.25, 0.3) is 5.69 Å². The van der Waals surface area contributed by atoms with Crippen molar-refractivity contribution in [2.75, 3.05) is 0 Å². The molecule has 100 valence electrons. The quantitative estimate of drug-likeness (QED) is 0.637. The Labute approximate surface area is 113 Å². The molecule has 0 amide bonds. The fourth-order valence-electron chi connectivity index (χ4n) is 1.72. The Bertz CT molecular complexity index is 623. The van der Waals surface area contributed by atoms with Gasteiger partial charge in [-0.2, -0.15) is 5.10 Å². The second-order valence-electron chi connectivity index (χ2n) is 4.32. The maximum atomic E-state index is 12.9. The van der Waals surface area contributed by atoms with Gasteiger partial charge in [-0.05, 0) is 24.3 Å². The summed E-state index contributed by atoms with van der Waals surface area (Å²) in [5.74, 6) is -0.537. The smallest absolute Gasteiger partial charge is 0.258 e. The van der Waals surface area contributed by atoms with E-state index in [1.54, 1.807) is 13.8 Å². The van der Waals surface area contributed by atoms with E-state index in [0.717, 1.165) is 0 Å². The van der Waals surface area contributed by atoms with Crippen LogP contribution in [0.3, 0.4) is 0 Å². The number of rotatable bonds is 3.